The van der Waals surface area contributed by atoms with Crippen LogP contribution in [0.25, 0.3) is 44.4 Å². The molecule has 0 radical (unpaired) electrons. The standard InChI is InChI=1S/C33H19ClF2N2O3S2/c1-18-5-8-22(9-6-18)43(41)38-27-12-7-21(35)16-26(27)29(24-13-14-42-28(24)17-37)32(38)20-4-2-3-19(15-20)23-10-11-25(33(39)40)31(36)30(23)34/h2-16H,1H3,(H,39,40). The normalized spacial score (nSPS) is 11.9. The van der Waals surface area contributed by atoms with Crippen LogP contribution in [0, 0.1) is 29.9 Å². The van der Waals surface area contributed by atoms with Crippen molar-refractivity contribution < 1.29 is 23.2 Å². The summed E-state index contributed by atoms with van der Waals surface area (Å²) in [6.45, 7) is 1.92. The van der Waals surface area contributed by atoms with Crippen LogP contribution >= 0.6 is 22.9 Å². The van der Waals surface area contributed by atoms with E-state index in [0.29, 0.717) is 48.6 Å². The molecule has 2 heterocycles. The number of aromatic carboxylic acids is 1. The molecule has 0 fully saturated rings. The summed E-state index contributed by atoms with van der Waals surface area (Å²) in [5.41, 5.74) is 3.72. The number of hydrogen-bond acceptors (Lipinski definition) is 4. The van der Waals surface area contributed by atoms with Gasteiger partial charge in [-0.2, -0.15) is 9.23 Å². The number of benzene rings is 4. The van der Waals surface area contributed by atoms with Gasteiger partial charge in [0.05, 0.1) is 16.1 Å². The van der Waals surface area contributed by atoms with Gasteiger partial charge in [-0.3, -0.25) is 0 Å². The molecular weight excluding hydrogens is 610 g/mol. The largest absolute Gasteiger partial charge is 0.587 e. The summed E-state index contributed by atoms with van der Waals surface area (Å²) in [5, 5.41) is 21.1. The van der Waals surface area contributed by atoms with Crippen molar-refractivity contribution in [2.24, 2.45) is 0 Å². The Bertz CT molecular complexity index is 2100. The zero-order valence-corrected chi connectivity index (χ0v) is 24.7. The van der Waals surface area contributed by atoms with Crippen LogP contribution in [0.4, 0.5) is 8.78 Å². The zero-order chi connectivity index (χ0) is 30.4. The molecule has 0 saturated heterocycles. The third-order valence-electron chi connectivity index (χ3n) is 7.07. The minimum Gasteiger partial charge on any atom is -0.587 e. The van der Waals surface area contributed by atoms with Gasteiger partial charge in [0.1, 0.15) is 33.8 Å². The van der Waals surface area contributed by atoms with Crippen molar-refractivity contribution in [1.82, 2.24) is 3.97 Å². The van der Waals surface area contributed by atoms with Crippen molar-refractivity contribution in [2.45, 2.75) is 11.8 Å². The predicted molar refractivity (Wildman–Crippen MR) is 166 cm³/mol. The van der Waals surface area contributed by atoms with E-state index in [9.17, 15) is 28.5 Å². The summed E-state index contributed by atoms with van der Waals surface area (Å²) < 4.78 is 45.6. The summed E-state index contributed by atoms with van der Waals surface area (Å²) >= 11 is 5.75. The number of fused-ring (bicyclic) bond motifs is 1. The van der Waals surface area contributed by atoms with Gasteiger partial charge in [-0.25, -0.2) is 13.6 Å². The van der Waals surface area contributed by atoms with E-state index in [1.165, 1.54) is 29.5 Å². The predicted octanol–water partition coefficient (Wildman–Crippen LogP) is 9.08. The van der Waals surface area contributed by atoms with Crippen LogP contribution < -0.4 is 0 Å². The Labute approximate surface area is 257 Å². The number of aromatic nitrogens is 1. The van der Waals surface area contributed by atoms with Gasteiger partial charge in [-0.15, -0.1) is 11.3 Å². The molecule has 0 saturated carbocycles. The lowest BCUT2D eigenvalue weighted by atomic mass is 9.96. The van der Waals surface area contributed by atoms with Crippen molar-refractivity contribution in [3.05, 3.63) is 123 Å². The van der Waals surface area contributed by atoms with Crippen LogP contribution in [0.3, 0.4) is 0 Å². The summed E-state index contributed by atoms with van der Waals surface area (Å²) in [7, 11) is 0. The number of nitrogens with zero attached hydrogens (tertiary/aromatic N) is 2. The van der Waals surface area contributed by atoms with E-state index in [1.54, 1.807) is 57.9 Å². The number of aryl methyl sites for hydroxylation is 1. The van der Waals surface area contributed by atoms with Crippen molar-refractivity contribution in [3.8, 4) is 39.6 Å². The first-order valence-corrected chi connectivity index (χ1v) is 15.2. The van der Waals surface area contributed by atoms with Crippen molar-refractivity contribution in [2.75, 3.05) is 0 Å². The summed E-state index contributed by atoms with van der Waals surface area (Å²) in [6.07, 6.45) is 0. The molecule has 0 aliphatic carbocycles. The third kappa shape index (κ3) is 4.98. The van der Waals surface area contributed by atoms with Gasteiger partial charge in [0.2, 0.25) is 0 Å². The fraction of sp³-hybridized carbons (Fsp3) is 0.0303. The number of carboxylic acids is 1. The quantitative estimate of drug-likeness (QED) is 0.186. The van der Waals surface area contributed by atoms with Gasteiger partial charge >= 0.3 is 5.97 Å². The van der Waals surface area contributed by atoms with E-state index in [-0.39, 0.29) is 10.6 Å². The van der Waals surface area contributed by atoms with Gasteiger partial charge in [0.15, 0.2) is 10.7 Å². The van der Waals surface area contributed by atoms with Gasteiger partial charge in [-0.1, -0.05) is 53.6 Å². The molecule has 2 aromatic heterocycles. The van der Waals surface area contributed by atoms with Crippen LogP contribution in [0.5, 0.6) is 0 Å². The van der Waals surface area contributed by atoms with Crippen LogP contribution in [0.2, 0.25) is 5.02 Å². The maximum atomic E-state index is 14.9. The molecule has 212 valence electrons. The Balaban J connectivity index is 1.68. The Hall–Kier alpha value is -4.46. The van der Waals surface area contributed by atoms with Gasteiger partial charge in [0.25, 0.3) is 0 Å². The number of thiophene rings is 1. The highest BCUT2D eigenvalue weighted by molar-refractivity contribution is 7.90. The second-order valence-electron chi connectivity index (χ2n) is 9.69. The Morgan fingerprint density at radius 1 is 1.00 bits per heavy atom. The lowest BCUT2D eigenvalue weighted by molar-refractivity contribution is 0.0692. The lowest BCUT2D eigenvalue weighted by Crippen LogP contribution is -2.14. The third-order valence-corrected chi connectivity index (χ3v) is 9.65. The second-order valence-corrected chi connectivity index (χ2v) is 12.3. The van der Waals surface area contributed by atoms with E-state index >= 15 is 0 Å². The topological polar surface area (TPSA) is 89.1 Å². The molecular formula is C33H19ClF2N2O3S2. The molecule has 0 bridgehead atoms. The average Bonchev–Trinajstić information content (AvgIpc) is 3.60. The molecule has 5 nitrogen and oxygen atoms in total. The number of carboxylic acid groups (broad SMARTS) is 1. The fourth-order valence-corrected chi connectivity index (χ4v) is 7.31. The van der Waals surface area contributed by atoms with Crippen molar-refractivity contribution in [3.63, 3.8) is 0 Å². The highest BCUT2D eigenvalue weighted by Gasteiger charge is 2.30. The Morgan fingerprint density at radius 3 is 2.47 bits per heavy atom. The molecule has 10 heteroatoms. The van der Waals surface area contributed by atoms with E-state index < -0.39 is 34.5 Å². The fourth-order valence-electron chi connectivity index (χ4n) is 5.07. The Morgan fingerprint density at radius 2 is 1.74 bits per heavy atom. The van der Waals surface area contributed by atoms with Crippen molar-refractivity contribution >= 4 is 51.2 Å². The van der Waals surface area contributed by atoms with Crippen LogP contribution in [0.1, 0.15) is 20.8 Å². The van der Waals surface area contributed by atoms with E-state index in [0.717, 1.165) is 11.6 Å². The van der Waals surface area contributed by atoms with Gasteiger partial charge in [-0.05, 0) is 66.4 Å². The van der Waals surface area contributed by atoms with Crippen molar-refractivity contribution in [1.29, 1.82) is 5.26 Å². The molecule has 0 aliphatic rings. The van der Waals surface area contributed by atoms with E-state index in [4.69, 9.17) is 11.6 Å². The number of hydrogen-bond donors (Lipinski definition) is 1. The summed E-state index contributed by atoms with van der Waals surface area (Å²) in [6, 6.07) is 24.9. The van der Waals surface area contributed by atoms with E-state index in [2.05, 4.69) is 6.07 Å². The smallest absolute Gasteiger partial charge is 0.338 e. The Kier molecular flexibility index (Phi) is 7.54. The van der Waals surface area contributed by atoms with Crippen LogP contribution in [0.15, 0.2) is 95.2 Å². The minimum absolute atomic E-state index is 0.258. The average molecular weight is 629 g/mol. The zero-order valence-electron chi connectivity index (χ0n) is 22.3. The van der Waals surface area contributed by atoms with Crippen LogP contribution in [-0.2, 0) is 11.4 Å². The number of carbonyl (C=O) groups is 1. The molecule has 6 rings (SSSR count). The van der Waals surface area contributed by atoms with Gasteiger partial charge in [0, 0.05) is 27.6 Å². The summed E-state index contributed by atoms with van der Waals surface area (Å²) in [5.74, 6) is -3.00. The van der Waals surface area contributed by atoms with Crippen LogP contribution in [-0.4, -0.2) is 19.6 Å². The molecule has 43 heavy (non-hydrogen) atoms. The monoisotopic (exact) mass is 628 g/mol. The molecule has 1 unspecified atom stereocenters. The molecule has 6 aromatic rings. The maximum absolute atomic E-state index is 14.9. The number of rotatable bonds is 6. The highest BCUT2D eigenvalue weighted by Crippen LogP contribution is 2.46. The molecule has 0 aliphatic heterocycles. The maximum Gasteiger partial charge on any atom is 0.338 e. The number of halogens is 3. The first-order valence-electron chi connectivity index (χ1n) is 12.8. The second kappa shape index (κ2) is 11.3. The van der Waals surface area contributed by atoms with E-state index in [1.807, 2.05) is 19.1 Å². The molecule has 0 spiro atoms. The van der Waals surface area contributed by atoms with Gasteiger partial charge < -0.3 is 9.66 Å². The number of nitriles is 1. The lowest BCUT2D eigenvalue weighted by Gasteiger charge is -2.17. The molecule has 1 N–H and O–H groups in total. The first-order chi connectivity index (χ1) is 20.7. The highest BCUT2D eigenvalue weighted by atomic mass is 35.5. The first kappa shape index (κ1) is 28.6. The molecule has 1 atom stereocenters. The SMILES string of the molecule is Cc1ccc([S+]([O-])n2c(-c3cccc(-c4ccc(C(=O)O)c(F)c4Cl)c3)c(-c3ccsc3C#N)c3cc(F)ccc32)cc1. The molecule has 0 amide bonds. The molecule has 4 aromatic carbocycles. The summed E-state index contributed by atoms with van der Waals surface area (Å²) in [4.78, 5) is 12.3. The minimum atomic E-state index is -1.80.